The maximum absolute atomic E-state index is 6.02. The van der Waals surface area contributed by atoms with Gasteiger partial charge in [0.2, 0.25) is 0 Å². The summed E-state index contributed by atoms with van der Waals surface area (Å²) >= 11 is 0. The van der Waals surface area contributed by atoms with E-state index in [9.17, 15) is 0 Å². The van der Waals surface area contributed by atoms with E-state index in [1.165, 1.54) is 5.57 Å². The average Bonchev–Trinajstić information content (AvgIpc) is 3.15. The standard InChI is InChI=1S/C25H23N3O2/c1-29-16-19-12-21(13-19)24-23-15-26-10-11-28(23)25(27-24)20-8-5-9-22(14-20)30-17-18-6-3-2-4-7-18/h2-11,14-16,21H,12-13,17H2,1H3. The van der Waals surface area contributed by atoms with Crippen LogP contribution in [0.2, 0.25) is 0 Å². The number of rotatable bonds is 6. The molecule has 4 aromatic rings. The first kappa shape index (κ1) is 18.4. The molecule has 1 aliphatic rings. The van der Waals surface area contributed by atoms with Crippen LogP contribution in [0, 0.1) is 0 Å². The first-order chi connectivity index (χ1) is 14.8. The molecule has 5 nitrogen and oxygen atoms in total. The van der Waals surface area contributed by atoms with Gasteiger partial charge in [-0.05, 0) is 36.1 Å². The number of fused-ring (bicyclic) bond motifs is 1. The van der Waals surface area contributed by atoms with E-state index in [0.29, 0.717) is 12.5 Å². The van der Waals surface area contributed by atoms with Crippen LogP contribution in [0.5, 0.6) is 5.75 Å². The van der Waals surface area contributed by atoms with E-state index >= 15 is 0 Å². The second-order valence-electron chi connectivity index (χ2n) is 7.57. The van der Waals surface area contributed by atoms with E-state index in [4.69, 9.17) is 14.5 Å². The smallest absolute Gasteiger partial charge is 0.145 e. The van der Waals surface area contributed by atoms with E-state index in [2.05, 4.69) is 33.7 Å². The summed E-state index contributed by atoms with van der Waals surface area (Å²) in [5.74, 6) is 2.14. The van der Waals surface area contributed by atoms with Crippen LogP contribution in [0.4, 0.5) is 0 Å². The molecule has 0 atom stereocenters. The third-order valence-electron chi connectivity index (χ3n) is 5.50. The fraction of sp³-hybridized carbons (Fsp3) is 0.200. The zero-order valence-corrected chi connectivity index (χ0v) is 16.9. The van der Waals surface area contributed by atoms with Gasteiger partial charge in [0, 0.05) is 23.9 Å². The molecule has 0 N–H and O–H groups in total. The van der Waals surface area contributed by atoms with Crippen LogP contribution in [0.25, 0.3) is 16.9 Å². The molecule has 0 radical (unpaired) electrons. The number of ether oxygens (including phenoxy) is 2. The third-order valence-corrected chi connectivity index (χ3v) is 5.50. The Morgan fingerprint density at radius 1 is 1.10 bits per heavy atom. The maximum atomic E-state index is 6.02. The first-order valence-corrected chi connectivity index (χ1v) is 10.1. The van der Waals surface area contributed by atoms with Crippen molar-refractivity contribution in [2.45, 2.75) is 25.4 Å². The summed E-state index contributed by atoms with van der Waals surface area (Å²) in [6.45, 7) is 0.540. The van der Waals surface area contributed by atoms with E-state index in [0.717, 1.165) is 46.8 Å². The number of hydrogen-bond donors (Lipinski definition) is 0. The second kappa shape index (κ2) is 8.03. The van der Waals surface area contributed by atoms with Gasteiger partial charge in [0.15, 0.2) is 0 Å². The molecule has 0 spiro atoms. The lowest BCUT2D eigenvalue weighted by Crippen LogP contribution is -2.13. The summed E-state index contributed by atoms with van der Waals surface area (Å²) in [4.78, 5) is 9.37. The van der Waals surface area contributed by atoms with Crippen LogP contribution >= 0.6 is 0 Å². The van der Waals surface area contributed by atoms with Crippen LogP contribution in [0.1, 0.15) is 30.0 Å². The molecular formula is C25H23N3O2. The Morgan fingerprint density at radius 3 is 2.80 bits per heavy atom. The largest absolute Gasteiger partial charge is 0.504 e. The van der Waals surface area contributed by atoms with Crippen molar-refractivity contribution in [3.05, 3.63) is 96.3 Å². The van der Waals surface area contributed by atoms with Crippen LogP contribution in [-0.2, 0) is 11.3 Å². The highest BCUT2D eigenvalue weighted by Crippen LogP contribution is 2.43. The van der Waals surface area contributed by atoms with Crippen molar-refractivity contribution in [2.24, 2.45) is 0 Å². The molecule has 2 aromatic heterocycles. The summed E-state index contributed by atoms with van der Waals surface area (Å²) in [6, 6.07) is 18.3. The van der Waals surface area contributed by atoms with Gasteiger partial charge in [-0.15, -0.1) is 0 Å². The Hall–Kier alpha value is -3.60. The van der Waals surface area contributed by atoms with Gasteiger partial charge in [-0.2, -0.15) is 0 Å². The number of allylic oxidation sites excluding steroid dienone is 1. The Morgan fingerprint density at radius 2 is 1.97 bits per heavy atom. The third kappa shape index (κ3) is 3.54. The fourth-order valence-corrected chi connectivity index (χ4v) is 3.96. The predicted molar refractivity (Wildman–Crippen MR) is 116 cm³/mol. The molecule has 1 aliphatic carbocycles. The van der Waals surface area contributed by atoms with Crippen molar-refractivity contribution in [1.29, 1.82) is 0 Å². The number of hydrogen-bond acceptors (Lipinski definition) is 4. The van der Waals surface area contributed by atoms with Crippen molar-refractivity contribution >= 4 is 5.52 Å². The number of nitrogens with zero attached hydrogens (tertiary/aromatic N) is 3. The highest BCUT2D eigenvalue weighted by atomic mass is 16.5. The van der Waals surface area contributed by atoms with Crippen molar-refractivity contribution in [3.8, 4) is 17.1 Å². The molecular weight excluding hydrogens is 374 g/mol. The molecule has 0 bridgehead atoms. The van der Waals surface area contributed by atoms with E-state index < -0.39 is 0 Å². The predicted octanol–water partition coefficient (Wildman–Crippen LogP) is 5.38. The lowest BCUT2D eigenvalue weighted by atomic mass is 9.78. The Kier molecular flexibility index (Phi) is 4.93. The monoisotopic (exact) mass is 397 g/mol. The Bertz CT molecular complexity index is 1190. The van der Waals surface area contributed by atoms with Gasteiger partial charge in [0.1, 0.15) is 18.2 Å². The topological polar surface area (TPSA) is 48.7 Å². The quantitative estimate of drug-likeness (QED) is 0.410. The minimum Gasteiger partial charge on any atom is -0.504 e. The summed E-state index contributed by atoms with van der Waals surface area (Å²) in [5.41, 5.74) is 5.66. The normalized spacial score (nSPS) is 15.6. The maximum Gasteiger partial charge on any atom is 0.145 e. The molecule has 2 aromatic carbocycles. The number of aromatic nitrogens is 3. The molecule has 150 valence electrons. The summed E-state index contributed by atoms with van der Waals surface area (Å²) < 4.78 is 13.3. The first-order valence-electron chi connectivity index (χ1n) is 10.1. The number of methoxy groups -OCH3 is 1. The SMILES string of the molecule is COC=C1CC(c2nc(-c3cccc(OCc4ccccc4)c3)n3ccncc23)C1. The Balaban J connectivity index is 1.44. The minimum atomic E-state index is 0.400. The van der Waals surface area contributed by atoms with Gasteiger partial charge in [0.05, 0.1) is 30.8 Å². The van der Waals surface area contributed by atoms with Crippen molar-refractivity contribution in [2.75, 3.05) is 7.11 Å². The fourth-order valence-electron chi connectivity index (χ4n) is 3.96. The number of imidazole rings is 1. The highest BCUT2D eigenvalue weighted by molar-refractivity contribution is 5.67. The summed E-state index contributed by atoms with van der Waals surface area (Å²) in [6.07, 6.45) is 9.49. The van der Waals surface area contributed by atoms with Crippen molar-refractivity contribution in [3.63, 3.8) is 0 Å². The molecule has 5 rings (SSSR count). The summed E-state index contributed by atoms with van der Waals surface area (Å²) in [5, 5.41) is 0. The van der Waals surface area contributed by atoms with Crippen molar-refractivity contribution < 1.29 is 9.47 Å². The van der Waals surface area contributed by atoms with E-state index in [1.54, 1.807) is 13.3 Å². The zero-order valence-electron chi connectivity index (χ0n) is 16.9. The molecule has 0 aliphatic heterocycles. The molecule has 0 unspecified atom stereocenters. The molecule has 0 saturated heterocycles. The average molecular weight is 397 g/mol. The van der Waals surface area contributed by atoms with Gasteiger partial charge < -0.3 is 9.47 Å². The van der Waals surface area contributed by atoms with Gasteiger partial charge in [-0.25, -0.2) is 4.98 Å². The van der Waals surface area contributed by atoms with Crippen LogP contribution in [0.15, 0.2) is 85.0 Å². The molecule has 2 heterocycles. The Labute approximate surface area is 175 Å². The van der Waals surface area contributed by atoms with Gasteiger partial charge in [-0.3, -0.25) is 9.38 Å². The van der Waals surface area contributed by atoms with E-state index in [1.807, 2.05) is 49.0 Å². The summed E-state index contributed by atoms with van der Waals surface area (Å²) in [7, 11) is 1.70. The minimum absolute atomic E-state index is 0.400. The van der Waals surface area contributed by atoms with Crippen molar-refractivity contribution in [1.82, 2.24) is 14.4 Å². The molecule has 1 saturated carbocycles. The molecule has 0 amide bonds. The van der Waals surface area contributed by atoms with Crippen LogP contribution in [0.3, 0.4) is 0 Å². The lowest BCUT2D eigenvalue weighted by Gasteiger charge is -2.27. The molecule has 1 fully saturated rings. The van der Waals surface area contributed by atoms with Gasteiger partial charge >= 0.3 is 0 Å². The zero-order chi connectivity index (χ0) is 20.3. The number of benzene rings is 2. The van der Waals surface area contributed by atoms with Crippen LogP contribution in [-0.4, -0.2) is 21.5 Å². The van der Waals surface area contributed by atoms with Gasteiger partial charge in [-0.1, -0.05) is 42.5 Å². The second-order valence-corrected chi connectivity index (χ2v) is 7.57. The van der Waals surface area contributed by atoms with Crippen LogP contribution < -0.4 is 4.74 Å². The lowest BCUT2D eigenvalue weighted by molar-refractivity contribution is 0.306. The highest BCUT2D eigenvalue weighted by Gasteiger charge is 2.30. The van der Waals surface area contributed by atoms with E-state index in [-0.39, 0.29) is 0 Å². The molecule has 5 heteroatoms. The molecule has 30 heavy (non-hydrogen) atoms. The van der Waals surface area contributed by atoms with Gasteiger partial charge in [0.25, 0.3) is 0 Å².